The lowest BCUT2D eigenvalue weighted by molar-refractivity contribution is -0.114. The van der Waals surface area contributed by atoms with E-state index in [1.54, 1.807) is 19.0 Å². The normalized spacial score (nSPS) is 19.2. The Bertz CT molecular complexity index is 388. The van der Waals surface area contributed by atoms with Crippen LogP contribution in [-0.2, 0) is 4.79 Å². The van der Waals surface area contributed by atoms with Crippen molar-refractivity contribution in [1.82, 2.24) is 4.90 Å². The maximum atomic E-state index is 11.3. The molecule has 0 atom stereocenters. The highest BCUT2D eigenvalue weighted by Gasteiger charge is 2.25. The van der Waals surface area contributed by atoms with Gasteiger partial charge < -0.3 is 4.90 Å². The van der Waals surface area contributed by atoms with E-state index in [0.717, 1.165) is 0 Å². The topological polar surface area (TPSA) is 69.8 Å². The lowest BCUT2D eigenvalue weighted by Gasteiger charge is -2.13. The van der Waals surface area contributed by atoms with Crippen LogP contribution >= 0.6 is 0 Å². The zero-order valence-electron chi connectivity index (χ0n) is 7.22. The van der Waals surface area contributed by atoms with Crippen LogP contribution in [0.25, 0.3) is 0 Å². The first-order chi connectivity index (χ1) is 6.18. The van der Waals surface area contributed by atoms with Crippen LogP contribution in [0.3, 0.4) is 0 Å². The number of hydrogen-bond donors (Lipinski definition) is 0. The van der Waals surface area contributed by atoms with Crippen molar-refractivity contribution in [3.05, 3.63) is 11.8 Å². The summed E-state index contributed by atoms with van der Waals surface area (Å²) >= 11 is 0. The van der Waals surface area contributed by atoms with Crippen molar-refractivity contribution in [2.24, 2.45) is 20.2 Å². The van der Waals surface area contributed by atoms with Crippen LogP contribution in [0.2, 0.25) is 0 Å². The van der Waals surface area contributed by atoms with Gasteiger partial charge in [0, 0.05) is 14.1 Å². The molecule has 0 saturated heterocycles. The van der Waals surface area contributed by atoms with Crippen molar-refractivity contribution < 1.29 is 4.79 Å². The summed E-state index contributed by atoms with van der Waals surface area (Å²) in [5.74, 6) is 0.375. The number of amidine groups is 1. The summed E-state index contributed by atoms with van der Waals surface area (Å²) < 4.78 is 0. The predicted molar refractivity (Wildman–Crippen MR) is 46.5 cm³/mol. The molecule has 0 aromatic heterocycles. The van der Waals surface area contributed by atoms with E-state index in [1.807, 2.05) is 0 Å². The molecule has 13 heavy (non-hydrogen) atoms. The largest absolute Gasteiger partial charge is 0.347 e. The maximum absolute atomic E-state index is 11.3. The first kappa shape index (κ1) is 7.78. The third kappa shape index (κ3) is 1.16. The van der Waals surface area contributed by atoms with Crippen molar-refractivity contribution in [2.75, 3.05) is 14.1 Å². The SMILES string of the molecule is CN(C)C1=NC(=O)C2=CN=NC2=N1. The minimum absolute atomic E-state index is 0.335. The molecule has 2 aliphatic heterocycles. The molecule has 2 aliphatic rings. The summed E-state index contributed by atoms with van der Waals surface area (Å²) in [6.07, 6.45) is 1.37. The molecule has 0 N–H and O–H groups in total. The van der Waals surface area contributed by atoms with Crippen molar-refractivity contribution in [3.63, 3.8) is 0 Å². The number of guanidine groups is 1. The minimum Gasteiger partial charge on any atom is -0.347 e. The molecular formula is C7H7N5O. The molecule has 0 bridgehead atoms. The van der Waals surface area contributed by atoms with Gasteiger partial charge in [0.2, 0.25) is 5.96 Å². The number of amides is 1. The predicted octanol–water partition coefficient (Wildman–Crippen LogP) is 0.192. The lowest BCUT2D eigenvalue weighted by atomic mass is 10.2. The van der Waals surface area contributed by atoms with E-state index < -0.39 is 0 Å². The Labute approximate surface area is 74.4 Å². The van der Waals surface area contributed by atoms with Gasteiger partial charge in [-0.1, -0.05) is 0 Å². The molecule has 66 valence electrons. The zero-order chi connectivity index (χ0) is 9.42. The second-order valence-electron chi connectivity index (χ2n) is 2.81. The highest BCUT2D eigenvalue weighted by atomic mass is 16.1. The van der Waals surface area contributed by atoms with Crippen LogP contribution in [0.5, 0.6) is 0 Å². The highest BCUT2D eigenvalue weighted by molar-refractivity contribution is 6.28. The van der Waals surface area contributed by atoms with E-state index in [9.17, 15) is 4.79 Å². The molecule has 2 heterocycles. The van der Waals surface area contributed by atoms with Crippen molar-refractivity contribution >= 4 is 17.7 Å². The Kier molecular flexibility index (Phi) is 1.54. The Morgan fingerprint density at radius 3 is 2.77 bits per heavy atom. The smallest absolute Gasteiger partial charge is 0.285 e. The fourth-order valence-electron chi connectivity index (χ4n) is 0.957. The fraction of sp³-hybridized carbons (Fsp3) is 0.286. The summed E-state index contributed by atoms with van der Waals surface area (Å²) in [6, 6.07) is 0. The van der Waals surface area contributed by atoms with E-state index >= 15 is 0 Å². The standard InChI is InChI=1S/C7H7N5O/c1-12(2)7-9-5-4(3-8-11-5)6(13)10-7/h3H,1-2H3. The number of carbonyl (C=O) groups is 1. The molecule has 0 spiro atoms. The number of carbonyl (C=O) groups excluding carboxylic acids is 1. The van der Waals surface area contributed by atoms with Gasteiger partial charge in [0.25, 0.3) is 5.91 Å². The Morgan fingerprint density at radius 1 is 1.31 bits per heavy atom. The van der Waals surface area contributed by atoms with Crippen molar-refractivity contribution in [3.8, 4) is 0 Å². The maximum Gasteiger partial charge on any atom is 0.285 e. The molecule has 6 nitrogen and oxygen atoms in total. The average molecular weight is 177 g/mol. The first-order valence-electron chi connectivity index (χ1n) is 3.69. The van der Waals surface area contributed by atoms with Gasteiger partial charge in [-0.15, -0.1) is 5.11 Å². The first-order valence-corrected chi connectivity index (χ1v) is 3.69. The molecule has 0 saturated carbocycles. The van der Waals surface area contributed by atoms with Crippen LogP contribution in [0.1, 0.15) is 0 Å². The van der Waals surface area contributed by atoms with E-state index in [1.165, 1.54) is 6.20 Å². The zero-order valence-corrected chi connectivity index (χ0v) is 7.22. The molecule has 0 aromatic carbocycles. The molecule has 0 unspecified atom stereocenters. The third-order valence-electron chi connectivity index (χ3n) is 1.62. The van der Waals surface area contributed by atoms with E-state index in [-0.39, 0.29) is 5.91 Å². The number of hydrogen-bond acceptors (Lipinski definition) is 5. The van der Waals surface area contributed by atoms with Gasteiger partial charge in [-0.25, -0.2) is 0 Å². The number of fused-ring (bicyclic) bond motifs is 1. The lowest BCUT2D eigenvalue weighted by Crippen LogP contribution is -2.27. The summed E-state index contributed by atoms with van der Waals surface area (Å²) in [5.41, 5.74) is 0.366. The molecule has 6 heteroatoms. The van der Waals surface area contributed by atoms with Crippen LogP contribution < -0.4 is 0 Å². The molecule has 0 aliphatic carbocycles. The Balaban J connectivity index is 2.43. The van der Waals surface area contributed by atoms with Gasteiger partial charge in [-0.3, -0.25) is 4.79 Å². The molecule has 2 rings (SSSR count). The summed E-state index contributed by atoms with van der Waals surface area (Å²) in [7, 11) is 3.52. The van der Waals surface area contributed by atoms with Crippen LogP contribution in [0.15, 0.2) is 32.0 Å². The van der Waals surface area contributed by atoms with Gasteiger partial charge in [-0.05, 0) is 0 Å². The molecular weight excluding hydrogens is 170 g/mol. The quantitative estimate of drug-likeness (QED) is 0.530. The monoisotopic (exact) mass is 177 g/mol. The number of rotatable bonds is 0. The van der Waals surface area contributed by atoms with Gasteiger partial charge >= 0.3 is 0 Å². The van der Waals surface area contributed by atoms with Gasteiger partial charge in [0.1, 0.15) is 5.57 Å². The van der Waals surface area contributed by atoms with Crippen LogP contribution in [0, 0.1) is 0 Å². The van der Waals surface area contributed by atoms with E-state index in [2.05, 4.69) is 20.2 Å². The average Bonchev–Trinajstić information content (AvgIpc) is 2.51. The Morgan fingerprint density at radius 2 is 2.08 bits per heavy atom. The van der Waals surface area contributed by atoms with Gasteiger partial charge in [0.15, 0.2) is 5.84 Å². The van der Waals surface area contributed by atoms with Crippen LogP contribution in [0.4, 0.5) is 0 Å². The number of azo groups is 1. The molecule has 1 amide bonds. The molecule has 0 aromatic rings. The van der Waals surface area contributed by atoms with E-state index in [4.69, 9.17) is 0 Å². The second-order valence-corrected chi connectivity index (χ2v) is 2.81. The summed E-state index contributed by atoms with van der Waals surface area (Å²) in [5, 5.41) is 7.29. The minimum atomic E-state index is -0.335. The number of aliphatic imine (C=N–C) groups is 2. The third-order valence-corrected chi connectivity index (χ3v) is 1.62. The van der Waals surface area contributed by atoms with Crippen LogP contribution in [-0.4, -0.2) is 36.7 Å². The second kappa shape index (κ2) is 2.58. The van der Waals surface area contributed by atoms with E-state index in [0.29, 0.717) is 17.4 Å². The molecule has 0 fully saturated rings. The summed E-state index contributed by atoms with van der Waals surface area (Å²) in [6.45, 7) is 0. The van der Waals surface area contributed by atoms with Gasteiger partial charge in [-0.2, -0.15) is 15.1 Å². The Hall–Kier alpha value is -1.85. The summed E-state index contributed by atoms with van der Waals surface area (Å²) in [4.78, 5) is 20.7. The number of nitrogens with zero attached hydrogens (tertiary/aromatic N) is 5. The van der Waals surface area contributed by atoms with Crippen molar-refractivity contribution in [1.29, 1.82) is 0 Å². The van der Waals surface area contributed by atoms with Crippen molar-refractivity contribution in [2.45, 2.75) is 0 Å². The van der Waals surface area contributed by atoms with Gasteiger partial charge in [0.05, 0.1) is 6.20 Å². The highest BCUT2D eigenvalue weighted by Crippen LogP contribution is 2.15. The fourth-order valence-corrected chi connectivity index (χ4v) is 0.957. The molecule has 0 radical (unpaired) electrons.